The zero-order valence-electron chi connectivity index (χ0n) is 12.1. The van der Waals surface area contributed by atoms with Gasteiger partial charge in [0.1, 0.15) is 5.75 Å². The second-order valence-electron chi connectivity index (χ2n) is 5.94. The summed E-state index contributed by atoms with van der Waals surface area (Å²) in [5.74, 6) is -0.946. The number of benzene rings is 1. The summed E-state index contributed by atoms with van der Waals surface area (Å²) < 4.78 is 0. The fourth-order valence-electron chi connectivity index (χ4n) is 2.92. The molecule has 114 valence electrons. The van der Waals surface area contributed by atoms with E-state index in [-0.39, 0.29) is 24.1 Å². The van der Waals surface area contributed by atoms with Gasteiger partial charge in [-0.3, -0.25) is 9.59 Å². The Bertz CT molecular complexity index is 543. The van der Waals surface area contributed by atoms with E-state index in [1.807, 2.05) is 0 Å². The van der Waals surface area contributed by atoms with Gasteiger partial charge in [-0.25, -0.2) is 0 Å². The number of rotatable bonds is 4. The molecule has 2 unspecified atom stereocenters. The van der Waals surface area contributed by atoms with E-state index >= 15 is 0 Å². The number of phenols is 1. The first kappa shape index (κ1) is 15.4. The van der Waals surface area contributed by atoms with Crippen LogP contribution in [0.15, 0.2) is 24.3 Å². The topological polar surface area (TPSA) is 86.6 Å². The lowest BCUT2D eigenvalue weighted by Gasteiger charge is -2.38. The Kier molecular flexibility index (Phi) is 4.50. The van der Waals surface area contributed by atoms with Crippen LogP contribution in [0, 0.1) is 5.41 Å². The molecule has 5 nitrogen and oxygen atoms in total. The van der Waals surface area contributed by atoms with Crippen molar-refractivity contribution in [3.8, 4) is 5.75 Å². The van der Waals surface area contributed by atoms with E-state index < -0.39 is 11.4 Å². The first-order chi connectivity index (χ1) is 9.91. The summed E-state index contributed by atoms with van der Waals surface area (Å²) >= 11 is 0. The van der Waals surface area contributed by atoms with E-state index in [9.17, 15) is 19.8 Å². The van der Waals surface area contributed by atoms with Crippen LogP contribution in [0.4, 0.5) is 0 Å². The third-order valence-corrected chi connectivity index (χ3v) is 4.31. The minimum absolute atomic E-state index is 0.119. The van der Waals surface area contributed by atoms with Gasteiger partial charge in [0.2, 0.25) is 5.91 Å². The maximum atomic E-state index is 12.1. The average Bonchev–Trinajstić information content (AvgIpc) is 2.41. The fraction of sp³-hybridized carbons (Fsp3) is 0.500. The van der Waals surface area contributed by atoms with Crippen LogP contribution in [0.1, 0.15) is 38.2 Å². The van der Waals surface area contributed by atoms with Crippen LogP contribution in [-0.4, -0.2) is 28.1 Å². The van der Waals surface area contributed by atoms with E-state index in [0.29, 0.717) is 18.4 Å². The van der Waals surface area contributed by atoms with Crippen LogP contribution in [-0.2, 0) is 16.0 Å². The Labute approximate surface area is 124 Å². The van der Waals surface area contributed by atoms with Gasteiger partial charge >= 0.3 is 5.97 Å². The third kappa shape index (κ3) is 3.54. The minimum atomic E-state index is -0.896. The summed E-state index contributed by atoms with van der Waals surface area (Å²) in [6.07, 6.45) is 3.22. The van der Waals surface area contributed by atoms with Gasteiger partial charge in [0.05, 0.1) is 11.8 Å². The summed E-state index contributed by atoms with van der Waals surface area (Å²) in [7, 11) is 0. The smallest absolute Gasteiger partial charge is 0.311 e. The van der Waals surface area contributed by atoms with Crippen LogP contribution in [0.5, 0.6) is 5.75 Å². The second kappa shape index (κ2) is 6.16. The molecule has 0 heterocycles. The molecule has 0 aliphatic heterocycles. The highest BCUT2D eigenvalue weighted by molar-refractivity contribution is 5.81. The van der Waals surface area contributed by atoms with Crippen molar-refractivity contribution in [1.82, 2.24) is 5.32 Å². The predicted molar refractivity (Wildman–Crippen MR) is 78.0 cm³/mol. The largest absolute Gasteiger partial charge is 0.508 e. The lowest BCUT2D eigenvalue weighted by atomic mass is 9.71. The lowest BCUT2D eigenvalue weighted by molar-refractivity contribution is -0.152. The van der Waals surface area contributed by atoms with Crippen molar-refractivity contribution in [3.63, 3.8) is 0 Å². The SMILES string of the molecule is CC1(C(=O)O)CCCCC1NC(=O)Cc1cccc(O)c1. The first-order valence-electron chi connectivity index (χ1n) is 7.22. The zero-order chi connectivity index (χ0) is 15.5. The summed E-state index contributed by atoms with van der Waals surface area (Å²) in [5.41, 5.74) is -0.187. The van der Waals surface area contributed by atoms with Gasteiger partial charge < -0.3 is 15.5 Å². The maximum Gasteiger partial charge on any atom is 0.311 e. The van der Waals surface area contributed by atoms with Gasteiger partial charge in [0.15, 0.2) is 0 Å². The number of hydrogen-bond donors (Lipinski definition) is 3. The molecule has 1 aromatic carbocycles. The third-order valence-electron chi connectivity index (χ3n) is 4.31. The number of hydrogen-bond acceptors (Lipinski definition) is 3. The minimum Gasteiger partial charge on any atom is -0.508 e. The monoisotopic (exact) mass is 291 g/mol. The summed E-state index contributed by atoms with van der Waals surface area (Å²) in [6, 6.07) is 6.19. The highest BCUT2D eigenvalue weighted by Gasteiger charge is 2.43. The number of aliphatic carboxylic acids is 1. The number of aromatic hydroxyl groups is 1. The maximum absolute atomic E-state index is 12.1. The molecule has 1 aliphatic carbocycles. The number of amides is 1. The molecule has 1 fully saturated rings. The quantitative estimate of drug-likeness (QED) is 0.792. The van der Waals surface area contributed by atoms with Crippen LogP contribution < -0.4 is 5.32 Å². The molecule has 0 bridgehead atoms. The Balaban J connectivity index is 2.02. The van der Waals surface area contributed by atoms with Gasteiger partial charge in [-0.15, -0.1) is 0 Å². The van der Waals surface area contributed by atoms with E-state index in [2.05, 4.69) is 5.32 Å². The molecule has 1 aliphatic rings. The molecule has 2 atom stereocenters. The van der Waals surface area contributed by atoms with Crippen LogP contribution in [0.2, 0.25) is 0 Å². The summed E-state index contributed by atoms with van der Waals surface area (Å²) in [5, 5.41) is 21.7. The van der Waals surface area contributed by atoms with Gasteiger partial charge in [0.25, 0.3) is 0 Å². The Morgan fingerprint density at radius 3 is 2.81 bits per heavy atom. The highest BCUT2D eigenvalue weighted by Crippen LogP contribution is 2.36. The first-order valence-corrected chi connectivity index (χ1v) is 7.22. The van der Waals surface area contributed by atoms with Crippen molar-refractivity contribution < 1.29 is 19.8 Å². The van der Waals surface area contributed by atoms with Gasteiger partial charge in [-0.05, 0) is 37.5 Å². The number of nitrogens with one attached hydrogen (secondary N) is 1. The molecule has 1 aromatic rings. The molecule has 0 aromatic heterocycles. The molecule has 0 saturated heterocycles. The van der Waals surface area contributed by atoms with Crippen LogP contribution in [0.3, 0.4) is 0 Å². The van der Waals surface area contributed by atoms with E-state index in [1.165, 1.54) is 6.07 Å². The second-order valence-corrected chi connectivity index (χ2v) is 5.94. The molecule has 0 spiro atoms. The molecule has 2 rings (SSSR count). The molecule has 1 amide bonds. The molecular formula is C16H21NO4. The predicted octanol–water partition coefficient (Wildman–Crippen LogP) is 2.08. The van der Waals surface area contributed by atoms with Crippen molar-refractivity contribution in [1.29, 1.82) is 0 Å². The number of carbonyl (C=O) groups excluding carboxylic acids is 1. The Hall–Kier alpha value is -2.04. The number of carboxylic acid groups (broad SMARTS) is 1. The number of phenolic OH excluding ortho intramolecular Hbond substituents is 1. The molecule has 21 heavy (non-hydrogen) atoms. The molecule has 5 heteroatoms. The van der Waals surface area contributed by atoms with E-state index in [4.69, 9.17) is 0 Å². The fourth-order valence-corrected chi connectivity index (χ4v) is 2.92. The zero-order valence-corrected chi connectivity index (χ0v) is 12.1. The Morgan fingerprint density at radius 1 is 1.38 bits per heavy atom. The van der Waals surface area contributed by atoms with Crippen LogP contribution in [0.25, 0.3) is 0 Å². The van der Waals surface area contributed by atoms with Crippen LogP contribution >= 0.6 is 0 Å². The van der Waals surface area contributed by atoms with Crippen molar-refractivity contribution in [2.24, 2.45) is 5.41 Å². The van der Waals surface area contributed by atoms with Gasteiger partial charge in [-0.1, -0.05) is 25.0 Å². The average molecular weight is 291 g/mol. The summed E-state index contributed by atoms with van der Waals surface area (Å²) in [6.45, 7) is 1.70. The molecule has 1 saturated carbocycles. The molecular weight excluding hydrogens is 270 g/mol. The highest BCUT2D eigenvalue weighted by atomic mass is 16.4. The van der Waals surface area contributed by atoms with Crippen molar-refractivity contribution in [2.45, 2.75) is 45.1 Å². The molecule has 0 radical (unpaired) electrons. The number of carboxylic acids is 1. The van der Waals surface area contributed by atoms with Gasteiger partial charge in [-0.2, -0.15) is 0 Å². The van der Waals surface area contributed by atoms with Crippen molar-refractivity contribution >= 4 is 11.9 Å². The van der Waals surface area contributed by atoms with Crippen molar-refractivity contribution in [3.05, 3.63) is 29.8 Å². The number of carbonyl (C=O) groups is 2. The summed E-state index contributed by atoms with van der Waals surface area (Å²) in [4.78, 5) is 23.6. The van der Waals surface area contributed by atoms with E-state index in [0.717, 1.165) is 12.8 Å². The lowest BCUT2D eigenvalue weighted by Crippen LogP contribution is -2.52. The van der Waals surface area contributed by atoms with E-state index in [1.54, 1.807) is 25.1 Å². The standard InChI is InChI=1S/C16H21NO4/c1-16(15(20)21)8-3-2-7-13(16)17-14(19)10-11-5-4-6-12(18)9-11/h4-6,9,13,18H,2-3,7-8,10H2,1H3,(H,17,19)(H,20,21). The van der Waals surface area contributed by atoms with Crippen molar-refractivity contribution in [2.75, 3.05) is 0 Å². The molecule has 3 N–H and O–H groups in total. The normalized spacial score (nSPS) is 25.3. The van der Waals surface area contributed by atoms with Gasteiger partial charge in [0, 0.05) is 6.04 Å². The Morgan fingerprint density at radius 2 is 2.14 bits per heavy atom.